The highest BCUT2D eigenvalue weighted by atomic mass is 19.1. The average molecular weight is 378 g/mol. The highest BCUT2D eigenvalue weighted by Gasteiger charge is 2.42. The van der Waals surface area contributed by atoms with Gasteiger partial charge in [-0.1, -0.05) is 25.0 Å². The molecule has 0 saturated carbocycles. The Kier molecular flexibility index (Phi) is 7.21. The number of hydrogen-bond acceptors (Lipinski definition) is 4. The lowest BCUT2D eigenvalue weighted by atomic mass is 9.88. The molecular weight excluding hydrogens is 345 g/mol. The van der Waals surface area contributed by atoms with Gasteiger partial charge in [0.1, 0.15) is 5.82 Å². The van der Waals surface area contributed by atoms with Gasteiger partial charge >= 0.3 is 0 Å². The zero-order chi connectivity index (χ0) is 19.2. The molecule has 6 heteroatoms. The average Bonchev–Trinajstić information content (AvgIpc) is 2.91. The summed E-state index contributed by atoms with van der Waals surface area (Å²) in [6.07, 6.45) is 4.64. The predicted octanol–water partition coefficient (Wildman–Crippen LogP) is 2.28. The number of halogens is 1. The number of amides is 1. The molecule has 4 atom stereocenters. The van der Waals surface area contributed by atoms with Crippen LogP contribution in [-0.2, 0) is 9.53 Å². The van der Waals surface area contributed by atoms with Crippen molar-refractivity contribution < 1.29 is 13.9 Å². The molecule has 2 fully saturated rings. The van der Waals surface area contributed by atoms with Crippen molar-refractivity contribution in [1.82, 2.24) is 15.5 Å². The minimum absolute atomic E-state index is 0.00428. The number of hydrogen-bond donors (Lipinski definition) is 2. The number of carbonyl (C=O) groups is 1. The van der Waals surface area contributed by atoms with Crippen LogP contribution in [0.3, 0.4) is 0 Å². The van der Waals surface area contributed by atoms with E-state index in [1.807, 2.05) is 13.0 Å². The molecule has 0 radical (unpaired) electrons. The summed E-state index contributed by atoms with van der Waals surface area (Å²) < 4.78 is 18.9. The Morgan fingerprint density at radius 1 is 1.41 bits per heavy atom. The van der Waals surface area contributed by atoms with Crippen molar-refractivity contribution in [2.24, 2.45) is 0 Å². The Morgan fingerprint density at radius 2 is 2.26 bits per heavy atom. The van der Waals surface area contributed by atoms with E-state index >= 15 is 0 Å². The van der Waals surface area contributed by atoms with Gasteiger partial charge in [0.2, 0.25) is 5.91 Å². The van der Waals surface area contributed by atoms with Gasteiger partial charge in [-0.3, -0.25) is 9.69 Å². The van der Waals surface area contributed by atoms with Crippen molar-refractivity contribution in [3.63, 3.8) is 0 Å². The van der Waals surface area contributed by atoms with Crippen LogP contribution in [0.1, 0.15) is 44.1 Å². The van der Waals surface area contributed by atoms with E-state index in [-0.39, 0.29) is 29.7 Å². The van der Waals surface area contributed by atoms with E-state index in [9.17, 15) is 9.18 Å². The number of methoxy groups -OCH3 is 1. The first-order valence-corrected chi connectivity index (χ1v) is 10.1. The van der Waals surface area contributed by atoms with Crippen LogP contribution in [0.25, 0.3) is 0 Å². The van der Waals surface area contributed by atoms with E-state index in [1.165, 1.54) is 25.3 Å². The number of rotatable bonds is 6. The van der Waals surface area contributed by atoms with E-state index in [2.05, 4.69) is 15.5 Å². The number of nitrogens with one attached hydrogen (secondary N) is 2. The molecule has 1 amide bonds. The second kappa shape index (κ2) is 9.62. The second-order valence-corrected chi connectivity index (χ2v) is 7.91. The van der Waals surface area contributed by atoms with Crippen LogP contribution in [0.15, 0.2) is 24.3 Å². The summed E-state index contributed by atoms with van der Waals surface area (Å²) in [5.41, 5.74) is 1.02. The standard InChI is InChI=1S/C21H32FN3O2/c1-15(14-27-2)24-20(26)13-25-12-18(16-7-6-8-17(22)11-16)21-19(25)9-4-3-5-10-23-21/h6-8,11,15,18-19,21,23H,3-5,9-10,12-14H2,1-2H3,(H,24,26)/t15-,18+,19-,21+/m1/s1. The summed E-state index contributed by atoms with van der Waals surface area (Å²) in [6.45, 7) is 4.59. The van der Waals surface area contributed by atoms with Gasteiger partial charge in [0, 0.05) is 37.7 Å². The van der Waals surface area contributed by atoms with E-state index in [1.54, 1.807) is 19.2 Å². The van der Waals surface area contributed by atoms with Crippen LogP contribution in [0, 0.1) is 5.82 Å². The molecule has 3 rings (SSSR count). The molecule has 1 aromatic carbocycles. The lowest BCUT2D eigenvalue weighted by molar-refractivity contribution is -0.123. The molecule has 2 N–H and O–H groups in total. The summed E-state index contributed by atoms with van der Waals surface area (Å²) in [6, 6.07) is 7.49. The maximum atomic E-state index is 13.8. The first kappa shape index (κ1) is 20.2. The molecular formula is C21H32FN3O2. The van der Waals surface area contributed by atoms with E-state index in [4.69, 9.17) is 4.74 Å². The first-order valence-electron chi connectivity index (χ1n) is 10.1. The summed E-state index contributed by atoms with van der Waals surface area (Å²) in [4.78, 5) is 14.8. The predicted molar refractivity (Wildman–Crippen MR) is 104 cm³/mol. The van der Waals surface area contributed by atoms with Crippen molar-refractivity contribution in [2.45, 2.75) is 56.7 Å². The number of fused-ring (bicyclic) bond motifs is 1. The van der Waals surface area contributed by atoms with Crippen LogP contribution in [0.4, 0.5) is 4.39 Å². The van der Waals surface area contributed by atoms with Crippen LogP contribution < -0.4 is 10.6 Å². The minimum Gasteiger partial charge on any atom is -0.383 e. The van der Waals surface area contributed by atoms with Gasteiger partial charge in [-0.05, 0) is 44.0 Å². The van der Waals surface area contributed by atoms with Gasteiger partial charge in [-0.2, -0.15) is 0 Å². The number of ether oxygens (including phenoxy) is 1. The summed E-state index contributed by atoms with van der Waals surface area (Å²) in [5.74, 6) is 0.0349. The fraction of sp³-hybridized carbons (Fsp3) is 0.667. The molecule has 2 heterocycles. The Morgan fingerprint density at radius 3 is 3.04 bits per heavy atom. The van der Waals surface area contributed by atoms with Crippen molar-refractivity contribution in [1.29, 1.82) is 0 Å². The Hall–Kier alpha value is -1.50. The van der Waals surface area contributed by atoms with Gasteiger partial charge in [0.25, 0.3) is 0 Å². The molecule has 2 aliphatic heterocycles. The number of nitrogens with zero attached hydrogens (tertiary/aromatic N) is 1. The van der Waals surface area contributed by atoms with Gasteiger partial charge in [0.05, 0.1) is 13.2 Å². The highest BCUT2D eigenvalue weighted by Crippen LogP contribution is 2.35. The van der Waals surface area contributed by atoms with E-state index < -0.39 is 0 Å². The fourth-order valence-electron chi connectivity index (χ4n) is 4.59. The third kappa shape index (κ3) is 5.27. The molecule has 2 aliphatic rings. The van der Waals surface area contributed by atoms with Crippen molar-refractivity contribution in [3.8, 4) is 0 Å². The lowest BCUT2D eigenvalue weighted by Crippen LogP contribution is -2.48. The van der Waals surface area contributed by atoms with Crippen LogP contribution in [0.2, 0.25) is 0 Å². The Balaban J connectivity index is 1.74. The molecule has 0 aliphatic carbocycles. The molecule has 27 heavy (non-hydrogen) atoms. The monoisotopic (exact) mass is 377 g/mol. The third-order valence-corrected chi connectivity index (χ3v) is 5.75. The van der Waals surface area contributed by atoms with Crippen LogP contribution >= 0.6 is 0 Å². The van der Waals surface area contributed by atoms with Crippen LogP contribution in [-0.4, -0.2) is 62.3 Å². The number of carbonyl (C=O) groups excluding carboxylic acids is 1. The maximum Gasteiger partial charge on any atom is 0.234 e. The highest BCUT2D eigenvalue weighted by molar-refractivity contribution is 5.78. The molecule has 2 saturated heterocycles. The summed E-state index contributed by atoms with van der Waals surface area (Å²) >= 11 is 0. The zero-order valence-electron chi connectivity index (χ0n) is 16.4. The minimum atomic E-state index is -0.195. The van der Waals surface area contributed by atoms with Crippen molar-refractivity contribution >= 4 is 5.91 Å². The van der Waals surface area contributed by atoms with Crippen LogP contribution in [0.5, 0.6) is 0 Å². The first-order chi connectivity index (χ1) is 13.1. The van der Waals surface area contributed by atoms with Gasteiger partial charge in [-0.15, -0.1) is 0 Å². The zero-order valence-corrected chi connectivity index (χ0v) is 16.4. The topological polar surface area (TPSA) is 53.6 Å². The van der Waals surface area contributed by atoms with E-state index in [0.29, 0.717) is 19.2 Å². The molecule has 0 spiro atoms. The Labute approximate surface area is 161 Å². The summed E-state index contributed by atoms with van der Waals surface area (Å²) in [5, 5.41) is 6.71. The smallest absolute Gasteiger partial charge is 0.234 e. The normalized spacial score (nSPS) is 27.4. The van der Waals surface area contributed by atoms with Gasteiger partial charge in [-0.25, -0.2) is 4.39 Å². The van der Waals surface area contributed by atoms with E-state index in [0.717, 1.165) is 25.1 Å². The number of benzene rings is 1. The molecule has 0 unspecified atom stereocenters. The van der Waals surface area contributed by atoms with Crippen molar-refractivity contribution in [2.75, 3.05) is 33.4 Å². The fourth-order valence-corrected chi connectivity index (χ4v) is 4.59. The lowest BCUT2D eigenvalue weighted by Gasteiger charge is -2.31. The molecule has 0 bridgehead atoms. The van der Waals surface area contributed by atoms with Gasteiger partial charge in [0.15, 0.2) is 0 Å². The molecule has 5 nitrogen and oxygen atoms in total. The molecule has 150 valence electrons. The maximum absolute atomic E-state index is 13.8. The Bertz CT molecular complexity index is 627. The largest absolute Gasteiger partial charge is 0.383 e. The summed E-state index contributed by atoms with van der Waals surface area (Å²) in [7, 11) is 1.64. The quantitative estimate of drug-likeness (QED) is 0.799. The van der Waals surface area contributed by atoms with Gasteiger partial charge < -0.3 is 15.4 Å². The van der Waals surface area contributed by atoms with Crippen molar-refractivity contribution in [3.05, 3.63) is 35.6 Å². The third-order valence-electron chi connectivity index (χ3n) is 5.75. The molecule has 1 aromatic rings. The SMILES string of the molecule is COC[C@@H](C)NC(=O)CN1C[C@@H](c2cccc(F)c2)[C@@H]2NCCCCC[C@H]21. The number of likely N-dealkylation sites (tertiary alicyclic amines) is 1. The second-order valence-electron chi connectivity index (χ2n) is 7.91. The molecule has 0 aromatic heterocycles.